The number of ether oxygens (including phenoxy) is 2. The highest BCUT2D eigenvalue weighted by Gasteiger charge is 2.27. The molecule has 1 aliphatic rings. The number of carbonyl (C=O) groups excluding carboxylic acids is 1. The lowest BCUT2D eigenvalue weighted by Crippen LogP contribution is -2.52. The van der Waals surface area contributed by atoms with Crippen LogP contribution in [-0.2, 0) is 4.79 Å². The molecule has 0 radical (unpaired) electrons. The van der Waals surface area contributed by atoms with E-state index in [1.54, 1.807) is 38.6 Å². The van der Waals surface area contributed by atoms with E-state index in [-0.39, 0.29) is 5.91 Å². The van der Waals surface area contributed by atoms with Gasteiger partial charge in [-0.05, 0) is 25.1 Å². The SMILES string of the molecule is COc1ccccc1O[C@H](C)C(=O)N1CCN(c2ncccn2)CC1. The maximum absolute atomic E-state index is 12.7. The molecule has 1 fully saturated rings. The van der Waals surface area contributed by atoms with Crippen molar-refractivity contribution in [2.75, 3.05) is 38.2 Å². The molecule has 1 amide bonds. The molecule has 2 heterocycles. The van der Waals surface area contributed by atoms with Crippen LogP contribution in [0.5, 0.6) is 11.5 Å². The van der Waals surface area contributed by atoms with Crippen molar-refractivity contribution in [3.63, 3.8) is 0 Å². The fourth-order valence-electron chi connectivity index (χ4n) is 2.80. The molecular weight excluding hydrogens is 320 g/mol. The van der Waals surface area contributed by atoms with Crippen molar-refractivity contribution in [3.05, 3.63) is 42.7 Å². The molecule has 0 unspecified atom stereocenters. The number of aromatic nitrogens is 2. The van der Waals surface area contributed by atoms with Gasteiger partial charge in [0.15, 0.2) is 17.6 Å². The average molecular weight is 342 g/mol. The zero-order valence-corrected chi connectivity index (χ0v) is 14.5. The van der Waals surface area contributed by atoms with Gasteiger partial charge in [0.2, 0.25) is 5.95 Å². The number of amides is 1. The van der Waals surface area contributed by atoms with Gasteiger partial charge < -0.3 is 19.3 Å². The Morgan fingerprint density at radius 1 is 1.04 bits per heavy atom. The molecule has 1 saturated heterocycles. The molecule has 1 aromatic heterocycles. The molecule has 1 atom stereocenters. The van der Waals surface area contributed by atoms with Gasteiger partial charge in [-0.25, -0.2) is 9.97 Å². The lowest BCUT2D eigenvalue weighted by Gasteiger charge is -2.35. The predicted molar refractivity (Wildman–Crippen MR) is 93.9 cm³/mol. The first-order chi connectivity index (χ1) is 12.2. The van der Waals surface area contributed by atoms with Crippen molar-refractivity contribution in [2.45, 2.75) is 13.0 Å². The molecule has 0 bridgehead atoms. The Labute approximate surface area is 147 Å². The minimum atomic E-state index is -0.573. The van der Waals surface area contributed by atoms with Crippen LogP contribution in [-0.4, -0.2) is 60.2 Å². The summed E-state index contributed by atoms with van der Waals surface area (Å²) in [6, 6.07) is 9.12. The van der Waals surface area contributed by atoms with Crippen LogP contribution in [0.4, 0.5) is 5.95 Å². The number of methoxy groups -OCH3 is 1. The first kappa shape index (κ1) is 17.0. The van der Waals surface area contributed by atoms with Crippen molar-refractivity contribution in [3.8, 4) is 11.5 Å². The van der Waals surface area contributed by atoms with Crippen molar-refractivity contribution in [1.29, 1.82) is 0 Å². The van der Waals surface area contributed by atoms with Crippen molar-refractivity contribution in [1.82, 2.24) is 14.9 Å². The van der Waals surface area contributed by atoms with Crippen molar-refractivity contribution < 1.29 is 14.3 Å². The Kier molecular flexibility index (Phi) is 5.33. The molecule has 1 aliphatic heterocycles. The number of carbonyl (C=O) groups is 1. The Morgan fingerprint density at radius 3 is 2.32 bits per heavy atom. The molecule has 7 nitrogen and oxygen atoms in total. The van der Waals surface area contributed by atoms with E-state index in [4.69, 9.17) is 9.47 Å². The van der Waals surface area contributed by atoms with Crippen LogP contribution in [0, 0.1) is 0 Å². The van der Waals surface area contributed by atoms with E-state index in [0.717, 1.165) is 0 Å². The van der Waals surface area contributed by atoms with Crippen LogP contribution in [0.15, 0.2) is 42.7 Å². The molecule has 132 valence electrons. The van der Waals surface area contributed by atoms with Gasteiger partial charge in [0, 0.05) is 38.6 Å². The van der Waals surface area contributed by atoms with Crippen molar-refractivity contribution >= 4 is 11.9 Å². The summed E-state index contributed by atoms with van der Waals surface area (Å²) in [5.74, 6) is 1.86. The van der Waals surface area contributed by atoms with Crippen LogP contribution in [0.25, 0.3) is 0 Å². The number of hydrogen-bond acceptors (Lipinski definition) is 6. The number of para-hydroxylation sites is 2. The minimum absolute atomic E-state index is 0.0282. The summed E-state index contributed by atoms with van der Waals surface area (Å²) in [6.07, 6.45) is 2.88. The minimum Gasteiger partial charge on any atom is -0.493 e. The first-order valence-corrected chi connectivity index (χ1v) is 8.29. The fraction of sp³-hybridized carbons (Fsp3) is 0.389. The van der Waals surface area contributed by atoms with Crippen molar-refractivity contribution in [2.24, 2.45) is 0 Å². The maximum Gasteiger partial charge on any atom is 0.263 e. The van der Waals surface area contributed by atoms with Gasteiger partial charge in [-0.3, -0.25) is 4.79 Å². The Hall–Kier alpha value is -2.83. The zero-order valence-electron chi connectivity index (χ0n) is 14.5. The highest BCUT2D eigenvalue weighted by molar-refractivity contribution is 5.81. The van der Waals surface area contributed by atoms with E-state index in [1.165, 1.54) is 0 Å². The summed E-state index contributed by atoms with van der Waals surface area (Å²) in [7, 11) is 1.58. The lowest BCUT2D eigenvalue weighted by atomic mass is 10.2. The lowest BCUT2D eigenvalue weighted by molar-refractivity contribution is -0.138. The highest BCUT2D eigenvalue weighted by Crippen LogP contribution is 2.27. The number of nitrogens with zero attached hydrogens (tertiary/aromatic N) is 4. The molecule has 7 heteroatoms. The third-order valence-corrected chi connectivity index (χ3v) is 4.15. The average Bonchev–Trinajstić information content (AvgIpc) is 2.68. The number of rotatable bonds is 5. The fourth-order valence-corrected chi connectivity index (χ4v) is 2.80. The second-order valence-corrected chi connectivity index (χ2v) is 5.77. The predicted octanol–water partition coefficient (Wildman–Crippen LogP) is 1.60. The van der Waals surface area contributed by atoms with E-state index in [1.807, 2.05) is 23.1 Å². The van der Waals surface area contributed by atoms with Crippen LogP contribution >= 0.6 is 0 Å². The first-order valence-electron chi connectivity index (χ1n) is 8.29. The number of hydrogen-bond donors (Lipinski definition) is 0. The third kappa shape index (κ3) is 3.99. The van der Waals surface area contributed by atoms with Gasteiger partial charge in [0.25, 0.3) is 5.91 Å². The van der Waals surface area contributed by atoms with E-state index < -0.39 is 6.10 Å². The number of anilines is 1. The second-order valence-electron chi connectivity index (χ2n) is 5.77. The normalized spacial score (nSPS) is 15.6. The quantitative estimate of drug-likeness (QED) is 0.822. The molecule has 2 aromatic rings. The molecule has 3 rings (SSSR count). The second kappa shape index (κ2) is 7.83. The summed E-state index contributed by atoms with van der Waals surface area (Å²) in [4.78, 5) is 25.1. The van der Waals surface area contributed by atoms with E-state index in [0.29, 0.717) is 43.6 Å². The molecule has 0 aliphatic carbocycles. The third-order valence-electron chi connectivity index (χ3n) is 4.15. The summed E-state index contributed by atoms with van der Waals surface area (Å²) < 4.78 is 11.1. The topological polar surface area (TPSA) is 67.8 Å². The van der Waals surface area contributed by atoms with E-state index in [2.05, 4.69) is 14.9 Å². The summed E-state index contributed by atoms with van der Waals surface area (Å²) in [5, 5.41) is 0. The molecule has 0 saturated carbocycles. The van der Waals surface area contributed by atoms with Gasteiger partial charge >= 0.3 is 0 Å². The van der Waals surface area contributed by atoms with E-state index >= 15 is 0 Å². The summed E-state index contributed by atoms with van der Waals surface area (Å²) in [5.41, 5.74) is 0. The van der Waals surface area contributed by atoms with Gasteiger partial charge in [0.1, 0.15) is 0 Å². The van der Waals surface area contributed by atoms with Gasteiger partial charge in [-0.1, -0.05) is 12.1 Å². The largest absolute Gasteiger partial charge is 0.493 e. The molecule has 1 aromatic carbocycles. The number of piperazine rings is 1. The van der Waals surface area contributed by atoms with Crippen LogP contribution in [0.3, 0.4) is 0 Å². The summed E-state index contributed by atoms with van der Waals surface area (Å²) in [6.45, 7) is 4.42. The van der Waals surface area contributed by atoms with E-state index in [9.17, 15) is 4.79 Å². The monoisotopic (exact) mass is 342 g/mol. The Bertz CT molecular complexity index is 702. The zero-order chi connectivity index (χ0) is 17.6. The highest BCUT2D eigenvalue weighted by atomic mass is 16.5. The maximum atomic E-state index is 12.7. The standard InChI is InChI=1S/C18H22N4O3/c1-14(25-16-7-4-3-6-15(16)24-2)17(23)21-10-12-22(13-11-21)18-19-8-5-9-20-18/h3-9,14H,10-13H2,1-2H3/t14-/m1/s1. The molecule has 0 N–H and O–H groups in total. The molecule has 0 spiro atoms. The van der Waals surface area contributed by atoms with Gasteiger partial charge in [0.05, 0.1) is 7.11 Å². The van der Waals surface area contributed by atoms with Crippen LogP contribution in [0.1, 0.15) is 6.92 Å². The molecular formula is C18H22N4O3. The van der Waals surface area contributed by atoms with Crippen LogP contribution < -0.4 is 14.4 Å². The Balaban J connectivity index is 1.57. The van der Waals surface area contributed by atoms with Crippen LogP contribution in [0.2, 0.25) is 0 Å². The molecule has 25 heavy (non-hydrogen) atoms. The smallest absolute Gasteiger partial charge is 0.263 e. The van der Waals surface area contributed by atoms with Gasteiger partial charge in [-0.15, -0.1) is 0 Å². The Morgan fingerprint density at radius 2 is 1.68 bits per heavy atom. The number of benzene rings is 1. The van der Waals surface area contributed by atoms with Gasteiger partial charge in [-0.2, -0.15) is 0 Å². The summed E-state index contributed by atoms with van der Waals surface area (Å²) >= 11 is 0.